The monoisotopic (exact) mass is 359 g/mol. The third kappa shape index (κ3) is 3.10. The molecule has 5 heteroatoms. The highest BCUT2D eigenvalue weighted by atomic mass is 79.9. The van der Waals surface area contributed by atoms with Crippen molar-refractivity contribution in [2.75, 3.05) is 13.1 Å². The first kappa shape index (κ1) is 16.0. The van der Waals surface area contributed by atoms with Crippen molar-refractivity contribution in [3.05, 3.63) is 27.7 Å². The first-order valence-corrected chi connectivity index (χ1v) is 9.22. The average Bonchev–Trinajstić information content (AvgIpc) is 2.32. The molecule has 112 valence electrons. The van der Waals surface area contributed by atoms with Crippen molar-refractivity contribution >= 4 is 26.0 Å². The van der Waals surface area contributed by atoms with E-state index in [-0.39, 0.29) is 0 Å². The molecule has 1 aromatic carbocycles. The second-order valence-corrected chi connectivity index (χ2v) is 8.90. The maximum absolute atomic E-state index is 12.9. The van der Waals surface area contributed by atoms with Crippen molar-refractivity contribution in [2.45, 2.75) is 39.0 Å². The van der Waals surface area contributed by atoms with Crippen LogP contribution in [0.2, 0.25) is 0 Å². The van der Waals surface area contributed by atoms with E-state index >= 15 is 0 Å². The Bertz CT molecular complexity index is 603. The lowest BCUT2D eigenvalue weighted by Crippen LogP contribution is -2.42. The highest BCUT2D eigenvalue weighted by Gasteiger charge is 2.32. The van der Waals surface area contributed by atoms with Gasteiger partial charge < -0.3 is 0 Å². The van der Waals surface area contributed by atoms with E-state index in [0.29, 0.717) is 29.8 Å². The fraction of sp³-hybridized carbons (Fsp3) is 0.600. The van der Waals surface area contributed by atoms with Gasteiger partial charge in [-0.25, -0.2) is 8.42 Å². The molecule has 1 aromatic rings. The Morgan fingerprint density at radius 2 is 1.65 bits per heavy atom. The molecule has 0 spiro atoms. The molecule has 1 saturated heterocycles. The van der Waals surface area contributed by atoms with E-state index in [1.54, 1.807) is 10.4 Å². The van der Waals surface area contributed by atoms with E-state index < -0.39 is 10.0 Å². The first-order chi connectivity index (χ1) is 9.21. The van der Waals surface area contributed by atoms with Gasteiger partial charge in [0.1, 0.15) is 0 Å². The SMILES string of the molecule is Cc1cc(C)c(S(=O)(=O)N2C[C@H](C)C[C@@H](C)C2)cc1Br. The first-order valence-electron chi connectivity index (χ1n) is 6.98. The van der Waals surface area contributed by atoms with E-state index in [0.717, 1.165) is 22.0 Å². The van der Waals surface area contributed by atoms with Gasteiger partial charge in [0.05, 0.1) is 4.90 Å². The fourth-order valence-corrected chi connectivity index (χ4v) is 5.43. The van der Waals surface area contributed by atoms with Crippen molar-refractivity contribution in [3.63, 3.8) is 0 Å². The quantitative estimate of drug-likeness (QED) is 0.806. The zero-order valence-electron chi connectivity index (χ0n) is 12.5. The van der Waals surface area contributed by atoms with Crippen LogP contribution in [0.15, 0.2) is 21.5 Å². The van der Waals surface area contributed by atoms with Crippen molar-refractivity contribution in [1.82, 2.24) is 4.31 Å². The largest absolute Gasteiger partial charge is 0.243 e. The van der Waals surface area contributed by atoms with Gasteiger partial charge in [-0.3, -0.25) is 0 Å². The molecule has 0 aromatic heterocycles. The Labute approximate surface area is 130 Å². The molecule has 1 heterocycles. The topological polar surface area (TPSA) is 37.4 Å². The smallest absolute Gasteiger partial charge is 0.207 e. The molecule has 2 rings (SSSR count). The zero-order chi connectivity index (χ0) is 15.1. The minimum atomic E-state index is -3.39. The normalized spacial score (nSPS) is 24.9. The van der Waals surface area contributed by atoms with Crippen LogP contribution in [0.3, 0.4) is 0 Å². The molecule has 0 amide bonds. The number of benzene rings is 1. The van der Waals surface area contributed by atoms with Crippen molar-refractivity contribution in [3.8, 4) is 0 Å². The van der Waals surface area contributed by atoms with Crippen LogP contribution in [0, 0.1) is 25.7 Å². The third-order valence-electron chi connectivity index (χ3n) is 3.91. The summed E-state index contributed by atoms with van der Waals surface area (Å²) in [5.74, 6) is 0.838. The minimum absolute atomic E-state index is 0.419. The molecule has 0 bridgehead atoms. The predicted molar refractivity (Wildman–Crippen MR) is 85.3 cm³/mol. The highest BCUT2D eigenvalue weighted by Crippen LogP contribution is 2.30. The van der Waals surface area contributed by atoms with Crippen LogP contribution in [0.5, 0.6) is 0 Å². The van der Waals surface area contributed by atoms with Crippen LogP contribution in [-0.4, -0.2) is 25.8 Å². The molecule has 20 heavy (non-hydrogen) atoms. The molecule has 0 unspecified atom stereocenters. The number of halogens is 1. The lowest BCUT2D eigenvalue weighted by atomic mass is 9.94. The van der Waals surface area contributed by atoms with E-state index in [1.807, 2.05) is 19.9 Å². The molecule has 0 aliphatic carbocycles. The number of rotatable bonds is 2. The van der Waals surface area contributed by atoms with Gasteiger partial charge in [-0.05, 0) is 49.3 Å². The molecule has 1 aliphatic rings. The van der Waals surface area contributed by atoms with E-state index in [4.69, 9.17) is 0 Å². The Kier molecular flexibility index (Phi) is 4.62. The minimum Gasteiger partial charge on any atom is -0.207 e. The molecule has 1 fully saturated rings. The predicted octanol–water partition coefficient (Wildman–Crippen LogP) is 3.73. The summed E-state index contributed by atoms with van der Waals surface area (Å²) in [6.07, 6.45) is 1.10. The number of nitrogens with zero attached hydrogens (tertiary/aromatic N) is 1. The van der Waals surface area contributed by atoms with Gasteiger partial charge in [0, 0.05) is 17.6 Å². The van der Waals surface area contributed by atoms with Crippen LogP contribution >= 0.6 is 15.9 Å². The van der Waals surface area contributed by atoms with Crippen LogP contribution in [0.4, 0.5) is 0 Å². The number of piperidine rings is 1. The van der Waals surface area contributed by atoms with Crippen molar-refractivity contribution in [1.29, 1.82) is 0 Å². The van der Waals surface area contributed by atoms with Crippen LogP contribution in [-0.2, 0) is 10.0 Å². The second kappa shape index (κ2) is 5.78. The van der Waals surface area contributed by atoms with Gasteiger partial charge >= 0.3 is 0 Å². The van der Waals surface area contributed by atoms with Gasteiger partial charge in [-0.15, -0.1) is 0 Å². The second-order valence-electron chi connectivity index (χ2n) is 6.13. The summed E-state index contributed by atoms with van der Waals surface area (Å²) in [5.41, 5.74) is 1.87. The third-order valence-corrected chi connectivity index (χ3v) is 6.74. The zero-order valence-corrected chi connectivity index (χ0v) is 14.9. The van der Waals surface area contributed by atoms with Gasteiger partial charge in [0.15, 0.2) is 0 Å². The maximum Gasteiger partial charge on any atom is 0.243 e. The molecule has 3 nitrogen and oxygen atoms in total. The van der Waals surface area contributed by atoms with Gasteiger partial charge in [-0.2, -0.15) is 4.31 Å². The average molecular weight is 360 g/mol. The number of hydrogen-bond donors (Lipinski definition) is 0. The molecular weight excluding hydrogens is 338 g/mol. The summed E-state index contributed by atoms with van der Waals surface area (Å²) < 4.78 is 28.2. The number of aryl methyl sites for hydroxylation is 2. The van der Waals surface area contributed by atoms with Crippen LogP contribution in [0.1, 0.15) is 31.4 Å². The molecule has 0 N–H and O–H groups in total. The summed E-state index contributed by atoms with van der Waals surface area (Å²) in [5, 5.41) is 0. The molecule has 0 saturated carbocycles. The number of hydrogen-bond acceptors (Lipinski definition) is 2. The van der Waals surface area contributed by atoms with Gasteiger partial charge in [0.25, 0.3) is 0 Å². The Morgan fingerprint density at radius 1 is 1.10 bits per heavy atom. The van der Waals surface area contributed by atoms with Crippen molar-refractivity contribution in [2.24, 2.45) is 11.8 Å². The fourth-order valence-electron chi connectivity index (χ4n) is 3.03. The maximum atomic E-state index is 12.9. The standard InChI is InChI=1S/C15H22BrNO2S/c1-10-5-11(2)9-17(8-10)20(18,19)15-7-14(16)12(3)6-13(15)4/h6-7,10-11H,5,8-9H2,1-4H3/t10-,11-/m1/s1. The van der Waals surface area contributed by atoms with E-state index in [9.17, 15) is 8.42 Å². The van der Waals surface area contributed by atoms with E-state index in [1.165, 1.54) is 0 Å². The Balaban J connectivity index is 2.42. The molecule has 0 radical (unpaired) electrons. The van der Waals surface area contributed by atoms with Crippen LogP contribution < -0.4 is 0 Å². The van der Waals surface area contributed by atoms with Crippen molar-refractivity contribution < 1.29 is 8.42 Å². The summed E-state index contributed by atoms with van der Waals surface area (Å²) in [4.78, 5) is 0.427. The van der Waals surface area contributed by atoms with E-state index in [2.05, 4.69) is 29.8 Å². The lowest BCUT2D eigenvalue weighted by molar-refractivity contribution is 0.222. The summed E-state index contributed by atoms with van der Waals surface area (Å²) >= 11 is 3.44. The number of sulfonamides is 1. The Morgan fingerprint density at radius 3 is 2.20 bits per heavy atom. The van der Waals surface area contributed by atoms with Gasteiger partial charge in [-0.1, -0.05) is 35.8 Å². The molecule has 1 aliphatic heterocycles. The van der Waals surface area contributed by atoms with Crippen LogP contribution in [0.25, 0.3) is 0 Å². The Hall–Kier alpha value is -0.390. The molecule has 2 atom stereocenters. The summed E-state index contributed by atoms with van der Waals surface area (Å²) in [7, 11) is -3.39. The highest BCUT2D eigenvalue weighted by molar-refractivity contribution is 9.10. The summed E-state index contributed by atoms with van der Waals surface area (Å²) in [6, 6.07) is 3.66. The lowest BCUT2D eigenvalue weighted by Gasteiger charge is -2.34. The summed E-state index contributed by atoms with van der Waals surface area (Å²) in [6.45, 7) is 9.32. The van der Waals surface area contributed by atoms with Gasteiger partial charge in [0.2, 0.25) is 10.0 Å². The molecular formula is C15H22BrNO2S.